The van der Waals surface area contributed by atoms with Gasteiger partial charge >= 0.3 is 0 Å². The third kappa shape index (κ3) is 3.84. The molecular formula is C16H28N4O. The standard InChI is InChI=1S/C16H28N4O/c1-3-7-14-15(17-4-2)18-12-19-16(14)20(10-6-11-21)13-8-5-9-13/h12-13,21H,3-11H2,1-2H3,(H,17,18,19). The third-order valence-corrected chi connectivity index (χ3v) is 4.11. The zero-order valence-electron chi connectivity index (χ0n) is 13.3. The van der Waals surface area contributed by atoms with E-state index in [1.165, 1.54) is 24.8 Å². The molecule has 0 spiro atoms. The van der Waals surface area contributed by atoms with E-state index < -0.39 is 0 Å². The molecule has 5 heteroatoms. The average molecular weight is 292 g/mol. The highest BCUT2D eigenvalue weighted by molar-refractivity contribution is 5.59. The fraction of sp³-hybridized carbons (Fsp3) is 0.750. The van der Waals surface area contributed by atoms with Gasteiger partial charge in [-0.1, -0.05) is 13.3 Å². The molecule has 1 fully saturated rings. The molecule has 0 atom stereocenters. The topological polar surface area (TPSA) is 61.3 Å². The molecule has 0 aromatic carbocycles. The first kappa shape index (κ1) is 16.0. The van der Waals surface area contributed by atoms with Gasteiger partial charge in [-0.15, -0.1) is 0 Å². The molecule has 0 unspecified atom stereocenters. The summed E-state index contributed by atoms with van der Waals surface area (Å²) in [4.78, 5) is 11.4. The molecule has 0 saturated heterocycles. The minimum absolute atomic E-state index is 0.234. The Kier molecular flexibility index (Phi) is 6.23. The molecule has 1 saturated carbocycles. The van der Waals surface area contributed by atoms with Crippen LogP contribution < -0.4 is 10.2 Å². The molecule has 0 amide bonds. The Morgan fingerprint density at radius 1 is 1.33 bits per heavy atom. The summed E-state index contributed by atoms with van der Waals surface area (Å²) in [5.74, 6) is 2.04. The molecule has 1 aromatic heterocycles. The van der Waals surface area contributed by atoms with E-state index in [1.54, 1.807) is 6.33 Å². The SMILES string of the molecule is CCCc1c(NCC)ncnc1N(CCCO)C1CCC1. The van der Waals surface area contributed by atoms with Crippen LogP contribution in [0.2, 0.25) is 0 Å². The van der Waals surface area contributed by atoms with E-state index >= 15 is 0 Å². The fourth-order valence-electron chi connectivity index (χ4n) is 2.85. The van der Waals surface area contributed by atoms with E-state index in [0.717, 1.165) is 44.0 Å². The summed E-state index contributed by atoms with van der Waals surface area (Å²) in [6.45, 7) is 6.26. The van der Waals surface area contributed by atoms with Crippen LogP contribution in [-0.2, 0) is 6.42 Å². The summed E-state index contributed by atoms with van der Waals surface area (Å²) in [5.41, 5.74) is 1.23. The lowest BCUT2D eigenvalue weighted by Gasteiger charge is -2.39. The molecule has 1 heterocycles. The minimum Gasteiger partial charge on any atom is -0.396 e. The van der Waals surface area contributed by atoms with Crippen molar-refractivity contribution in [3.63, 3.8) is 0 Å². The van der Waals surface area contributed by atoms with Crippen LogP contribution in [0.3, 0.4) is 0 Å². The highest BCUT2D eigenvalue weighted by atomic mass is 16.3. The van der Waals surface area contributed by atoms with Crippen molar-refractivity contribution in [1.29, 1.82) is 0 Å². The molecule has 118 valence electrons. The van der Waals surface area contributed by atoms with Crippen molar-refractivity contribution in [3.05, 3.63) is 11.9 Å². The molecule has 21 heavy (non-hydrogen) atoms. The zero-order chi connectivity index (χ0) is 15.1. The van der Waals surface area contributed by atoms with E-state index in [1.807, 2.05) is 0 Å². The Balaban J connectivity index is 2.30. The van der Waals surface area contributed by atoms with Crippen LogP contribution in [0.25, 0.3) is 0 Å². The van der Waals surface area contributed by atoms with E-state index in [2.05, 4.69) is 34.0 Å². The maximum atomic E-state index is 9.17. The summed E-state index contributed by atoms with van der Waals surface area (Å²) < 4.78 is 0. The van der Waals surface area contributed by atoms with E-state index in [-0.39, 0.29) is 6.61 Å². The number of hydrogen-bond donors (Lipinski definition) is 2. The molecule has 0 radical (unpaired) electrons. The molecule has 5 nitrogen and oxygen atoms in total. The van der Waals surface area contributed by atoms with Crippen LogP contribution in [0.15, 0.2) is 6.33 Å². The monoisotopic (exact) mass is 292 g/mol. The lowest BCUT2D eigenvalue weighted by Crippen LogP contribution is -2.42. The fourth-order valence-corrected chi connectivity index (χ4v) is 2.85. The molecule has 1 aromatic rings. The van der Waals surface area contributed by atoms with Crippen LogP contribution >= 0.6 is 0 Å². The van der Waals surface area contributed by atoms with Crippen molar-refractivity contribution in [2.45, 2.75) is 58.4 Å². The lowest BCUT2D eigenvalue weighted by molar-refractivity contribution is 0.282. The average Bonchev–Trinajstić information content (AvgIpc) is 2.44. The van der Waals surface area contributed by atoms with Crippen LogP contribution in [0.4, 0.5) is 11.6 Å². The van der Waals surface area contributed by atoms with Gasteiger partial charge in [-0.3, -0.25) is 0 Å². The van der Waals surface area contributed by atoms with E-state index in [4.69, 9.17) is 0 Å². The van der Waals surface area contributed by atoms with Gasteiger partial charge < -0.3 is 15.3 Å². The Morgan fingerprint density at radius 2 is 2.14 bits per heavy atom. The zero-order valence-corrected chi connectivity index (χ0v) is 13.3. The number of aliphatic hydroxyl groups excluding tert-OH is 1. The summed E-state index contributed by atoms with van der Waals surface area (Å²) in [6, 6.07) is 0.580. The van der Waals surface area contributed by atoms with Gasteiger partial charge in [0.05, 0.1) is 0 Å². The smallest absolute Gasteiger partial charge is 0.137 e. The maximum absolute atomic E-state index is 9.17. The first-order valence-corrected chi connectivity index (χ1v) is 8.27. The van der Waals surface area contributed by atoms with Gasteiger partial charge in [0.25, 0.3) is 0 Å². The number of aliphatic hydroxyl groups is 1. The Bertz CT molecular complexity index is 434. The van der Waals surface area contributed by atoms with Crippen molar-refractivity contribution < 1.29 is 5.11 Å². The van der Waals surface area contributed by atoms with Gasteiger partial charge in [0.1, 0.15) is 18.0 Å². The number of aromatic nitrogens is 2. The van der Waals surface area contributed by atoms with Crippen molar-refractivity contribution >= 4 is 11.6 Å². The maximum Gasteiger partial charge on any atom is 0.137 e. The second kappa shape index (κ2) is 8.17. The summed E-state index contributed by atoms with van der Waals surface area (Å²) in [6.07, 6.45) is 8.29. The second-order valence-electron chi connectivity index (χ2n) is 5.66. The van der Waals surface area contributed by atoms with Crippen LogP contribution in [0.5, 0.6) is 0 Å². The molecule has 1 aliphatic carbocycles. The molecular weight excluding hydrogens is 264 g/mol. The van der Waals surface area contributed by atoms with Crippen LogP contribution in [0.1, 0.15) is 51.5 Å². The Hall–Kier alpha value is -1.36. The van der Waals surface area contributed by atoms with Gasteiger partial charge in [-0.25, -0.2) is 9.97 Å². The van der Waals surface area contributed by atoms with Crippen molar-refractivity contribution in [2.24, 2.45) is 0 Å². The summed E-state index contributed by atoms with van der Waals surface area (Å²) >= 11 is 0. The second-order valence-corrected chi connectivity index (χ2v) is 5.66. The molecule has 0 aliphatic heterocycles. The summed E-state index contributed by atoms with van der Waals surface area (Å²) in [7, 11) is 0. The predicted molar refractivity (Wildman–Crippen MR) is 86.9 cm³/mol. The van der Waals surface area contributed by atoms with Crippen LogP contribution in [-0.4, -0.2) is 40.8 Å². The molecule has 2 rings (SSSR count). The first-order valence-electron chi connectivity index (χ1n) is 8.27. The number of nitrogens with one attached hydrogen (secondary N) is 1. The molecule has 2 N–H and O–H groups in total. The number of rotatable bonds is 9. The number of hydrogen-bond acceptors (Lipinski definition) is 5. The van der Waals surface area contributed by atoms with Gasteiger partial charge in [0, 0.05) is 31.3 Å². The highest BCUT2D eigenvalue weighted by Gasteiger charge is 2.28. The largest absolute Gasteiger partial charge is 0.396 e. The third-order valence-electron chi connectivity index (χ3n) is 4.11. The van der Waals surface area contributed by atoms with Gasteiger partial charge in [-0.2, -0.15) is 0 Å². The van der Waals surface area contributed by atoms with E-state index in [0.29, 0.717) is 6.04 Å². The van der Waals surface area contributed by atoms with Crippen molar-refractivity contribution in [1.82, 2.24) is 9.97 Å². The summed E-state index contributed by atoms with van der Waals surface area (Å²) in [5, 5.41) is 12.5. The van der Waals surface area contributed by atoms with Gasteiger partial charge in [0.2, 0.25) is 0 Å². The lowest BCUT2D eigenvalue weighted by atomic mass is 9.91. The van der Waals surface area contributed by atoms with Gasteiger partial charge in [-0.05, 0) is 39.0 Å². The quantitative estimate of drug-likeness (QED) is 0.732. The number of nitrogens with zero attached hydrogens (tertiary/aromatic N) is 3. The molecule has 1 aliphatic rings. The first-order chi connectivity index (χ1) is 10.3. The van der Waals surface area contributed by atoms with Crippen molar-refractivity contribution in [2.75, 3.05) is 29.9 Å². The van der Waals surface area contributed by atoms with E-state index in [9.17, 15) is 5.11 Å². The van der Waals surface area contributed by atoms with Crippen molar-refractivity contribution in [3.8, 4) is 0 Å². The minimum atomic E-state index is 0.234. The molecule has 0 bridgehead atoms. The number of anilines is 2. The normalized spacial score (nSPS) is 14.8. The Morgan fingerprint density at radius 3 is 2.71 bits per heavy atom. The Labute approximate surface area is 127 Å². The predicted octanol–water partition coefficient (Wildman–Crippen LogP) is 2.60. The highest BCUT2D eigenvalue weighted by Crippen LogP contribution is 2.33. The van der Waals surface area contributed by atoms with Gasteiger partial charge in [0.15, 0.2) is 0 Å². The van der Waals surface area contributed by atoms with Crippen LogP contribution in [0, 0.1) is 0 Å².